The lowest BCUT2D eigenvalue weighted by Gasteiger charge is -2.25. The molecule has 1 aromatic heterocycles. The molecular formula is C12H19NO4S2. The van der Waals surface area contributed by atoms with Gasteiger partial charge in [-0.05, 0) is 31.9 Å². The van der Waals surface area contributed by atoms with Gasteiger partial charge in [0.15, 0.2) is 0 Å². The maximum atomic E-state index is 12.5. The fourth-order valence-electron chi connectivity index (χ4n) is 1.62. The quantitative estimate of drug-likeness (QED) is 0.838. The predicted octanol–water partition coefficient (Wildman–Crippen LogP) is 2.18. The van der Waals surface area contributed by atoms with Gasteiger partial charge in [0, 0.05) is 10.9 Å². The fraction of sp³-hybridized carbons (Fsp3) is 0.583. The Kier molecular flexibility index (Phi) is 5.51. The summed E-state index contributed by atoms with van der Waals surface area (Å²) in [6.45, 7) is 5.00. The topological polar surface area (TPSA) is 74.7 Å². The van der Waals surface area contributed by atoms with Crippen LogP contribution in [0.4, 0.5) is 0 Å². The van der Waals surface area contributed by atoms with Gasteiger partial charge in [-0.25, -0.2) is 8.42 Å². The summed E-state index contributed by atoms with van der Waals surface area (Å²) in [5, 5.41) is 8.89. The Labute approximate surface area is 117 Å². The third-order valence-corrected chi connectivity index (χ3v) is 6.58. The molecule has 0 amide bonds. The number of sulfonamides is 1. The zero-order valence-electron chi connectivity index (χ0n) is 11.3. The first-order valence-electron chi connectivity index (χ1n) is 6.15. The van der Waals surface area contributed by atoms with E-state index in [2.05, 4.69) is 0 Å². The van der Waals surface area contributed by atoms with Crippen molar-refractivity contribution in [3.63, 3.8) is 0 Å². The van der Waals surface area contributed by atoms with E-state index in [9.17, 15) is 13.2 Å². The van der Waals surface area contributed by atoms with Crippen LogP contribution in [0.15, 0.2) is 16.3 Å². The van der Waals surface area contributed by atoms with Crippen molar-refractivity contribution in [1.29, 1.82) is 0 Å². The van der Waals surface area contributed by atoms with E-state index in [0.717, 1.165) is 15.6 Å². The lowest BCUT2D eigenvalue weighted by atomic mass is 10.2. The van der Waals surface area contributed by atoms with E-state index in [1.54, 1.807) is 19.1 Å². The largest absolute Gasteiger partial charge is 0.480 e. The van der Waals surface area contributed by atoms with E-state index in [0.29, 0.717) is 6.42 Å². The van der Waals surface area contributed by atoms with E-state index in [4.69, 9.17) is 5.11 Å². The van der Waals surface area contributed by atoms with E-state index in [1.807, 2.05) is 13.8 Å². The van der Waals surface area contributed by atoms with Gasteiger partial charge < -0.3 is 5.11 Å². The van der Waals surface area contributed by atoms with Crippen molar-refractivity contribution in [2.24, 2.45) is 0 Å². The number of rotatable bonds is 7. The van der Waals surface area contributed by atoms with Crippen LogP contribution < -0.4 is 0 Å². The van der Waals surface area contributed by atoms with Crippen LogP contribution >= 0.6 is 11.3 Å². The van der Waals surface area contributed by atoms with Crippen LogP contribution in [0.5, 0.6) is 0 Å². The van der Waals surface area contributed by atoms with Gasteiger partial charge in [-0.3, -0.25) is 4.79 Å². The normalized spacial score (nSPS) is 13.7. The van der Waals surface area contributed by atoms with Crippen molar-refractivity contribution in [3.8, 4) is 0 Å². The van der Waals surface area contributed by atoms with Crippen molar-refractivity contribution in [1.82, 2.24) is 4.31 Å². The van der Waals surface area contributed by atoms with E-state index in [-0.39, 0.29) is 10.3 Å². The molecule has 0 aromatic carbocycles. The molecule has 1 atom stereocenters. The molecule has 1 heterocycles. The summed E-state index contributed by atoms with van der Waals surface area (Å²) in [4.78, 5) is 11.8. The lowest BCUT2D eigenvalue weighted by Crippen LogP contribution is -2.41. The Morgan fingerprint density at radius 2 is 2.05 bits per heavy atom. The summed E-state index contributed by atoms with van der Waals surface area (Å²) < 4.78 is 26.2. The maximum absolute atomic E-state index is 12.5. The molecule has 19 heavy (non-hydrogen) atoms. The van der Waals surface area contributed by atoms with Crippen molar-refractivity contribution < 1.29 is 18.3 Å². The first-order chi connectivity index (χ1) is 8.82. The van der Waals surface area contributed by atoms with Gasteiger partial charge in [0.25, 0.3) is 10.0 Å². The molecule has 0 fully saturated rings. The van der Waals surface area contributed by atoms with Gasteiger partial charge in [-0.1, -0.05) is 13.8 Å². The number of aryl methyl sites for hydroxylation is 1. The van der Waals surface area contributed by atoms with Crippen LogP contribution in [-0.4, -0.2) is 36.4 Å². The van der Waals surface area contributed by atoms with Crippen LogP contribution in [0.3, 0.4) is 0 Å². The molecule has 1 unspecified atom stereocenters. The average molecular weight is 305 g/mol. The second-order valence-electron chi connectivity index (χ2n) is 4.28. The molecule has 7 heteroatoms. The van der Waals surface area contributed by atoms with Gasteiger partial charge in [-0.2, -0.15) is 4.31 Å². The van der Waals surface area contributed by atoms with Crippen LogP contribution in [0.2, 0.25) is 0 Å². The molecule has 1 rings (SSSR count). The molecule has 0 aliphatic rings. The highest BCUT2D eigenvalue weighted by molar-refractivity contribution is 7.91. The molecule has 0 spiro atoms. The minimum Gasteiger partial charge on any atom is -0.480 e. The predicted molar refractivity (Wildman–Crippen MR) is 75.0 cm³/mol. The van der Waals surface area contributed by atoms with E-state index in [1.165, 1.54) is 11.3 Å². The summed E-state index contributed by atoms with van der Waals surface area (Å²) >= 11 is 1.20. The van der Waals surface area contributed by atoms with Crippen molar-refractivity contribution in [2.45, 2.75) is 43.9 Å². The first kappa shape index (κ1) is 16.1. The molecule has 0 aliphatic heterocycles. The maximum Gasteiger partial charge on any atom is 0.318 e. The number of carboxylic acids is 1. The number of aliphatic carboxylic acids is 1. The smallest absolute Gasteiger partial charge is 0.318 e. The monoisotopic (exact) mass is 305 g/mol. The van der Waals surface area contributed by atoms with Crippen molar-refractivity contribution >= 4 is 27.3 Å². The molecule has 1 aromatic rings. The summed E-state index contributed by atoms with van der Waals surface area (Å²) in [6.07, 6.45) is 1.33. The molecule has 0 saturated heterocycles. The number of hydrogen-bond donors (Lipinski definition) is 1. The van der Waals surface area contributed by atoms with Crippen LogP contribution in [-0.2, 0) is 21.2 Å². The minimum absolute atomic E-state index is 0.214. The highest BCUT2D eigenvalue weighted by Crippen LogP contribution is 2.26. The van der Waals surface area contributed by atoms with Crippen molar-refractivity contribution in [3.05, 3.63) is 17.0 Å². The summed E-state index contributed by atoms with van der Waals surface area (Å²) in [5.41, 5.74) is 0. The summed E-state index contributed by atoms with van der Waals surface area (Å²) in [7, 11) is -3.73. The Hall–Kier alpha value is -0.920. The SMILES string of the molecule is CCc1ccc(S(=O)(=O)N(CC(=O)O)C(C)CC)s1. The molecule has 1 N–H and O–H groups in total. The lowest BCUT2D eigenvalue weighted by molar-refractivity contribution is -0.137. The Morgan fingerprint density at radius 1 is 1.42 bits per heavy atom. The number of nitrogens with zero attached hydrogens (tertiary/aromatic N) is 1. The van der Waals surface area contributed by atoms with Gasteiger partial charge in [0.1, 0.15) is 10.8 Å². The Morgan fingerprint density at radius 3 is 2.47 bits per heavy atom. The second-order valence-corrected chi connectivity index (χ2v) is 7.56. The van der Waals surface area contributed by atoms with Crippen molar-refractivity contribution in [2.75, 3.05) is 6.54 Å². The standard InChI is InChI=1S/C12H19NO4S2/c1-4-9(3)13(8-11(14)15)19(16,17)12-7-6-10(5-2)18-12/h6-7,9H,4-5,8H2,1-3H3,(H,14,15). The third-order valence-electron chi connectivity index (χ3n) is 2.92. The highest BCUT2D eigenvalue weighted by Gasteiger charge is 2.31. The molecule has 5 nitrogen and oxygen atoms in total. The van der Waals surface area contributed by atoms with Crippen LogP contribution in [0.1, 0.15) is 32.1 Å². The summed E-state index contributed by atoms with van der Waals surface area (Å²) in [6, 6.07) is 2.98. The number of carboxylic acid groups (broad SMARTS) is 1. The zero-order chi connectivity index (χ0) is 14.6. The van der Waals surface area contributed by atoms with Gasteiger partial charge in [0.05, 0.1) is 0 Å². The first-order valence-corrected chi connectivity index (χ1v) is 8.40. The Bertz CT molecular complexity index is 536. The van der Waals surface area contributed by atoms with Gasteiger partial charge in [0.2, 0.25) is 0 Å². The minimum atomic E-state index is -3.73. The summed E-state index contributed by atoms with van der Waals surface area (Å²) in [5.74, 6) is -1.14. The van der Waals surface area contributed by atoms with Crippen LogP contribution in [0.25, 0.3) is 0 Å². The number of carbonyl (C=O) groups is 1. The third kappa shape index (κ3) is 3.77. The molecule has 0 saturated carbocycles. The fourth-order valence-corrected chi connectivity index (χ4v) is 4.70. The molecule has 0 bridgehead atoms. The second kappa shape index (κ2) is 6.49. The molecule has 0 aliphatic carbocycles. The van der Waals surface area contributed by atoms with E-state index >= 15 is 0 Å². The molecular weight excluding hydrogens is 286 g/mol. The zero-order valence-corrected chi connectivity index (χ0v) is 12.9. The van der Waals surface area contributed by atoms with Gasteiger partial charge >= 0.3 is 5.97 Å². The van der Waals surface area contributed by atoms with E-state index < -0.39 is 22.5 Å². The average Bonchev–Trinajstić information content (AvgIpc) is 2.84. The Balaban J connectivity index is 3.14. The van der Waals surface area contributed by atoms with Crippen LogP contribution in [0, 0.1) is 0 Å². The molecule has 0 radical (unpaired) electrons. The number of hydrogen-bond acceptors (Lipinski definition) is 4. The molecule has 108 valence electrons. The van der Waals surface area contributed by atoms with Gasteiger partial charge in [-0.15, -0.1) is 11.3 Å². The number of thiophene rings is 1. The highest BCUT2D eigenvalue weighted by atomic mass is 32.2.